The van der Waals surface area contributed by atoms with Crippen molar-refractivity contribution in [1.82, 2.24) is 10.6 Å². The Kier molecular flexibility index (Phi) is 4.78. The van der Waals surface area contributed by atoms with Gasteiger partial charge in [0.2, 0.25) is 0 Å². The third-order valence-corrected chi connectivity index (χ3v) is 2.00. The minimum atomic E-state index is -0.521. The maximum atomic E-state index is 11.5. The summed E-state index contributed by atoms with van der Waals surface area (Å²) in [4.78, 5) is 23.1. The van der Waals surface area contributed by atoms with E-state index in [-0.39, 0.29) is 24.5 Å². The lowest BCUT2D eigenvalue weighted by Crippen LogP contribution is -2.42. The highest BCUT2D eigenvalue weighted by Crippen LogP contribution is 2.08. The summed E-state index contributed by atoms with van der Waals surface area (Å²) in [5.74, 6) is -1.02. The van der Waals surface area contributed by atoms with E-state index in [0.717, 1.165) is 0 Å². The lowest BCUT2D eigenvalue weighted by atomic mass is 10.1. The van der Waals surface area contributed by atoms with E-state index in [2.05, 4.69) is 10.6 Å². The molecule has 6 heteroatoms. The van der Waals surface area contributed by atoms with Gasteiger partial charge in [-0.15, -0.1) is 0 Å². The molecule has 1 rings (SSSR count). The molecule has 0 saturated heterocycles. The van der Waals surface area contributed by atoms with Crippen LogP contribution in [0.25, 0.3) is 0 Å². The van der Waals surface area contributed by atoms with Crippen molar-refractivity contribution in [2.75, 3.05) is 26.4 Å². The number of esters is 2. The second-order valence-corrected chi connectivity index (χ2v) is 3.07. The van der Waals surface area contributed by atoms with Gasteiger partial charge in [-0.25, -0.2) is 9.59 Å². The fourth-order valence-corrected chi connectivity index (χ4v) is 1.32. The molecule has 0 saturated carbocycles. The van der Waals surface area contributed by atoms with Crippen molar-refractivity contribution in [2.24, 2.45) is 0 Å². The number of rotatable bonds is 4. The van der Waals surface area contributed by atoms with Crippen molar-refractivity contribution in [2.45, 2.75) is 13.8 Å². The van der Waals surface area contributed by atoms with Crippen molar-refractivity contribution < 1.29 is 19.1 Å². The summed E-state index contributed by atoms with van der Waals surface area (Å²) in [7, 11) is 0. The van der Waals surface area contributed by atoms with Gasteiger partial charge in [-0.2, -0.15) is 0 Å². The Morgan fingerprint density at radius 3 is 2.44 bits per heavy atom. The molecular weight excluding hydrogens is 212 g/mol. The zero-order valence-electron chi connectivity index (χ0n) is 9.46. The molecule has 2 N–H and O–H groups in total. The van der Waals surface area contributed by atoms with Crippen molar-refractivity contribution in [3.8, 4) is 0 Å². The maximum Gasteiger partial charge on any atom is 0.355 e. The molecule has 0 aliphatic carbocycles. The molecular formula is C10H16N2O4. The van der Waals surface area contributed by atoms with Crippen LogP contribution in [0.4, 0.5) is 0 Å². The minimum Gasteiger partial charge on any atom is -0.463 e. The third-order valence-electron chi connectivity index (χ3n) is 2.00. The first-order chi connectivity index (χ1) is 7.70. The third kappa shape index (κ3) is 2.96. The topological polar surface area (TPSA) is 76.7 Å². The number of hydrogen-bond donors (Lipinski definition) is 2. The van der Waals surface area contributed by atoms with Crippen molar-refractivity contribution in [1.29, 1.82) is 0 Å². The molecule has 16 heavy (non-hydrogen) atoms. The summed E-state index contributed by atoms with van der Waals surface area (Å²) in [5.41, 5.74) is 0.477. The van der Waals surface area contributed by atoms with Crippen LogP contribution < -0.4 is 10.6 Å². The van der Waals surface area contributed by atoms with Gasteiger partial charge in [0.15, 0.2) is 0 Å². The largest absolute Gasteiger partial charge is 0.463 e. The number of nitrogens with one attached hydrogen (secondary N) is 2. The van der Waals surface area contributed by atoms with E-state index in [1.807, 2.05) is 0 Å². The second kappa shape index (κ2) is 6.12. The summed E-state index contributed by atoms with van der Waals surface area (Å²) >= 11 is 0. The van der Waals surface area contributed by atoms with Crippen molar-refractivity contribution in [3.63, 3.8) is 0 Å². The molecule has 1 aliphatic heterocycles. The SMILES string of the molecule is CCOC(=O)C1=C(C(=O)OCC)NCNC1. The summed E-state index contributed by atoms with van der Waals surface area (Å²) in [5, 5.41) is 5.71. The van der Waals surface area contributed by atoms with Crippen LogP contribution >= 0.6 is 0 Å². The molecule has 0 unspecified atom stereocenters. The van der Waals surface area contributed by atoms with E-state index in [1.54, 1.807) is 13.8 Å². The Hall–Kier alpha value is -1.56. The number of carbonyl (C=O) groups is 2. The fraction of sp³-hybridized carbons (Fsp3) is 0.600. The Bertz CT molecular complexity index is 282. The Morgan fingerprint density at radius 1 is 1.19 bits per heavy atom. The van der Waals surface area contributed by atoms with E-state index < -0.39 is 11.9 Å². The van der Waals surface area contributed by atoms with Gasteiger partial charge in [-0.1, -0.05) is 0 Å². The van der Waals surface area contributed by atoms with Gasteiger partial charge < -0.3 is 14.8 Å². The predicted octanol–water partition coefficient (Wildman–Crippen LogP) is -0.483. The molecule has 0 amide bonds. The molecule has 0 atom stereocenters. The second-order valence-electron chi connectivity index (χ2n) is 3.07. The molecule has 90 valence electrons. The molecule has 1 heterocycles. The van der Waals surface area contributed by atoms with Gasteiger partial charge in [0, 0.05) is 6.54 Å². The Morgan fingerprint density at radius 2 is 1.81 bits per heavy atom. The minimum absolute atomic E-state index is 0.194. The number of hydrogen-bond acceptors (Lipinski definition) is 6. The van der Waals surface area contributed by atoms with E-state index in [4.69, 9.17) is 9.47 Å². The van der Waals surface area contributed by atoms with Crippen LogP contribution in [0.1, 0.15) is 13.8 Å². The molecule has 0 fully saturated rings. The number of carbonyl (C=O) groups excluding carboxylic acids is 2. The quantitative estimate of drug-likeness (QED) is 0.633. The summed E-state index contributed by atoms with van der Waals surface area (Å²) < 4.78 is 9.70. The van der Waals surface area contributed by atoms with Crippen LogP contribution in [0.3, 0.4) is 0 Å². The van der Waals surface area contributed by atoms with Crippen LogP contribution in [-0.2, 0) is 19.1 Å². The van der Waals surface area contributed by atoms with Crippen LogP contribution in [0.2, 0.25) is 0 Å². The molecule has 0 bridgehead atoms. The molecule has 0 radical (unpaired) electrons. The smallest absolute Gasteiger partial charge is 0.355 e. The van der Waals surface area contributed by atoms with Crippen LogP contribution in [0, 0.1) is 0 Å². The monoisotopic (exact) mass is 228 g/mol. The van der Waals surface area contributed by atoms with E-state index in [0.29, 0.717) is 13.2 Å². The summed E-state index contributed by atoms with van der Waals surface area (Å²) in [6, 6.07) is 0. The standard InChI is InChI=1S/C10H16N2O4/c1-3-15-9(13)7-5-11-6-12-8(7)10(14)16-4-2/h11-12H,3-6H2,1-2H3. The first kappa shape index (κ1) is 12.5. The average Bonchev–Trinajstić information content (AvgIpc) is 2.30. The highest BCUT2D eigenvalue weighted by Gasteiger charge is 2.25. The normalized spacial score (nSPS) is 15.4. The van der Waals surface area contributed by atoms with E-state index in [1.165, 1.54) is 0 Å². The van der Waals surface area contributed by atoms with Crippen LogP contribution in [0.5, 0.6) is 0 Å². The Balaban J connectivity index is 2.86. The zero-order valence-corrected chi connectivity index (χ0v) is 9.46. The predicted molar refractivity (Wildman–Crippen MR) is 56.3 cm³/mol. The first-order valence-electron chi connectivity index (χ1n) is 5.22. The summed E-state index contributed by atoms with van der Waals surface area (Å²) in [6.07, 6.45) is 0. The van der Waals surface area contributed by atoms with Gasteiger partial charge >= 0.3 is 11.9 Å². The Labute approximate surface area is 94.0 Å². The molecule has 0 aromatic rings. The van der Waals surface area contributed by atoms with E-state index >= 15 is 0 Å². The number of ether oxygens (including phenoxy) is 2. The zero-order chi connectivity index (χ0) is 12.0. The molecule has 0 aromatic heterocycles. The van der Waals surface area contributed by atoms with Crippen molar-refractivity contribution >= 4 is 11.9 Å². The van der Waals surface area contributed by atoms with Gasteiger partial charge in [-0.05, 0) is 13.8 Å². The lowest BCUT2D eigenvalue weighted by Gasteiger charge is -2.20. The van der Waals surface area contributed by atoms with Gasteiger partial charge in [0.1, 0.15) is 5.70 Å². The highest BCUT2D eigenvalue weighted by atomic mass is 16.5. The van der Waals surface area contributed by atoms with Crippen LogP contribution in [-0.4, -0.2) is 38.4 Å². The fourth-order valence-electron chi connectivity index (χ4n) is 1.32. The van der Waals surface area contributed by atoms with Gasteiger partial charge in [-0.3, -0.25) is 5.32 Å². The molecule has 0 spiro atoms. The van der Waals surface area contributed by atoms with Crippen LogP contribution in [0.15, 0.2) is 11.3 Å². The molecule has 6 nitrogen and oxygen atoms in total. The maximum absolute atomic E-state index is 11.5. The van der Waals surface area contributed by atoms with Crippen molar-refractivity contribution in [3.05, 3.63) is 11.3 Å². The summed E-state index contributed by atoms with van der Waals surface area (Å²) in [6.45, 7) is 4.71. The highest BCUT2D eigenvalue weighted by molar-refractivity contribution is 6.00. The molecule has 1 aliphatic rings. The average molecular weight is 228 g/mol. The lowest BCUT2D eigenvalue weighted by molar-refractivity contribution is -0.142. The van der Waals surface area contributed by atoms with E-state index in [9.17, 15) is 9.59 Å². The first-order valence-corrected chi connectivity index (χ1v) is 5.22. The van der Waals surface area contributed by atoms with Gasteiger partial charge in [0.25, 0.3) is 0 Å². The molecule has 0 aromatic carbocycles. The van der Waals surface area contributed by atoms with Gasteiger partial charge in [0.05, 0.1) is 25.5 Å².